The molecule has 2 rings (SSSR count). The Balaban J connectivity index is 2.16. The number of carbonyl (C=O) groups excluding carboxylic acids is 1. The summed E-state index contributed by atoms with van der Waals surface area (Å²) in [4.78, 5) is 16.1. The quantitative estimate of drug-likeness (QED) is 0.662. The van der Waals surface area contributed by atoms with E-state index in [4.69, 9.17) is 5.73 Å². The highest BCUT2D eigenvalue weighted by Crippen LogP contribution is 2.17. The predicted molar refractivity (Wildman–Crippen MR) is 75.5 cm³/mol. The lowest BCUT2D eigenvalue weighted by atomic mass is 10.2. The van der Waals surface area contributed by atoms with Gasteiger partial charge in [0.1, 0.15) is 4.60 Å². The predicted octanol–water partition coefficient (Wildman–Crippen LogP) is 2.99. The van der Waals surface area contributed by atoms with Gasteiger partial charge in [-0.05, 0) is 58.7 Å². The Morgan fingerprint density at radius 3 is 2.61 bits per heavy atom. The Morgan fingerprint density at radius 2 is 2.00 bits per heavy atom. The van der Waals surface area contributed by atoms with E-state index in [0.29, 0.717) is 16.9 Å². The summed E-state index contributed by atoms with van der Waals surface area (Å²) in [7, 11) is 0. The van der Waals surface area contributed by atoms with Crippen molar-refractivity contribution in [3.8, 4) is 0 Å². The van der Waals surface area contributed by atoms with Crippen LogP contribution in [0.15, 0.2) is 41.1 Å². The summed E-state index contributed by atoms with van der Waals surface area (Å²) in [6.45, 7) is 1.91. The Hall–Kier alpha value is -1.88. The second kappa shape index (κ2) is 5.18. The first-order valence-corrected chi connectivity index (χ1v) is 6.14. The van der Waals surface area contributed by atoms with Crippen molar-refractivity contribution in [2.45, 2.75) is 6.92 Å². The van der Waals surface area contributed by atoms with Crippen molar-refractivity contribution in [2.75, 3.05) is 11.1 Å². The van der Waals surface area contributed by atoms with Crippen LogP contribution < -0.4 is 11.1 Å². The number of amides is 1. The normalized spacial score (nSPS) is 10.1. The number of nitrogen functional groups attached to an aromatic ring is 1. The zero-order valence-electron chi connectivity index (χ0n) is 9.77. The summed E-state index contributed by atoms with van der Waals surface area (Å²) < 4.78 is 0.771. The first-order valence-electron chi connectivity index (χ1n) is 5.35. The molecule has 0 aliphatic heterocycles. The maximum absolute atomic E-state index is 11.9. The monoisotopic (exact) mass is 305 g/mol. The van der Waals surface area contributed by atoms with Gasteiger partial charge in [-0.15, -0.1) is 0 Å². The van der Waals surface area contributed by atoms with Crippen LogP contribution in [0.4, 0.5) is 11.4 Å². The molecule has 0 unspecified atom stereocenters. The van der Waals surface area contributed by atoms with E-state index >= 15 is 0 Å². The second-order valence-corrected chi connectivity index (χ2v) is 4.66. The van der Waals surface area contributed by atoms with Crippen molar-refractivity contribution < 1.29 is 4.79 Å². The van der Waals surface area contributed by atoms with Crippen molar-refractivity contribution in [1.29, 1.82) is 0 Å². The minimum absolute atomic E-state index is 0.182. The van der Waals surface area contributed by atoms with Crippen LogP contribution in [0, 0.1) is 6.92 Å². The molecule has 0 aliphatic carbocycles. The highest BCUT2D eigenvalue weighted by atomic mass is 79.9. The van der Waals surface area contributed by atoms with Gasteiger partial charge in [0.2, 0.25) is 0 Å². The molecular weight excluding hydrogens is 294 g/mol. The zero-order valence-corrected chi connectivity index (χ0v) is 11.4. The van der Waals surface area contributed by atoms with Crippen LogP contribution in [-0.2, 0) is 0 Å². The Labute approximate surface area is 113 Å². The van der Waals surface area contributed by atoms with E-state index in [1.807, 2.05) is 13.0 Å². The number of nitrogens with one attached hydrogen (secondary N) is 1. The van der Waals surface area contributed by atoms with Crippen molar-refractivity contribution in [2.24, 2.45) is 0 Å². The molecular formula is C13H12BrN3O. The molecule has 1 amide bonds. The number of pyridine rings is 1. The molecule has 18 heavy (non-hydrogen) atoms. The van der Waals surface area contributed by atoms with E-state index in [0.717, 1.165) is 10.2 Å². The standard InChI is InChI=1S/C13H12BrN3O/c1-8-6-11(7-16-12(8)14)17-13(18)9-2-4-10(15)5-3-9/h2-7H,15H2,1H3,(H,17,18). The molecule has 0 saturated carbocycles. The first-order chi connectivity index (χ1) is 8.56. The van der Waals surface area contributed by atoms with Crippen molar-refractivity contribution >= 4 is 33.2 Å². The summed E-state index contributed by atoms with van der Waals surface area (Å²) >= 11 is 3.31. The molecule has 0 atom stereocenters. The molecule has 2 aromatic rings. The lowest BCUT2D eigenvalue weighted by molar-refractivity contribution is 0.102. The molecule has 0 radical (unpaired) electrons. The largest absolute Gasteiger partial charge is 0.399 e. The fourth-order valence-corrected chi connectivity index (χ4v) is 1.68. The van der Waals surface area contributed by atoms with E-state index in [1.54, 1.807) is 30.5 Å². The van der Waals surface area contributed by atoms with E-state index in [2.05, 4.69) is 26.2 Å². The minimum atomic E-state index is -0.182. The van der Waals surface area contributed by atoms with Crippen LogP contribution in [0.5, 0.6) is 0 Å². The van der Waals surface area contributed by atoms with Gasteiger partial charge in [0.15, 0.2) is 0 Å². The molecule has 1 aromatic carbocycles. The molecule has 0 saturated heterocycles. The number of anilines is 2. The van der Waals surface area contributed by atoms with Crippen molar-refractivity contribution in [1.82, 2.24) is 4.98 Å². The van der Waals surface area contributed by atoms with E-state index in [1.165, 1.54) is 0 Å². The topological polar surface area (TPSA) is 68.0 Å². The first kappa shape index (κ1) is 12.6. The Kier molecular flexibility index (Phi) is 3.62. The number of carbonyl (C=O) groups is 1. The lowest BCUT2D eigenvalue weighted by Gasteiger charge is -2.06. The molecule has 1 aromatic heterocycles. The molecule has 0 fully saturated rings. The SMILES string of the molecule is Cc1cc(NC(=O)c2ccc(N)cc2)cnc1Br. The van der Waals surface area contributed by atoms with Gasteiger partial charge in [0.05, 0.1) is 11.9 Å². The van der Waals surface area contributed by atoms with Gasteiger partial charge >= 0.3 is 0 Å². The Morgan fingerprint density at radius 1 is 1.33 bits per heavy atom. The van der Waals surface area contributed by atoms with Gasteiger partial charge < -0.3 is 11.1 Å². The number of aryl methyl sites for hydroxylation is 1. The number of nitrogens with two attached hydrogens (primary N) is 1. The fourth-order valence-electron chi connectivity index (χ4n) is 1.46. The second-order valence-electron chi connectivity index (χ2n) is 3.91. The molecule has 0 spiro atoms. The van der Waals surface area contributed by atoms with E-state index in [-0.39, 0.29) is 5.91 Å². The number of nitrogens with zero attached hydrogens (tertiary/aromatic N) is 1. The van der Waals surface area contributed by atoms with Gasteiger partial charge in [-0.3, -0.25) is 4.79 Å². The highest BCUT2D eigenvalue weighted by Gasteiger charge is 2.06. The van der Waals surface area contributed by atoms with Gasteiger partial charge in [-0.1, -0.05) is 0 Å². The molecule has 3 N–H and O–H groups in total. The molecule has 0 aliphatic rings. The minimum Gasteiger partial charge on any atom is -0.399 e. The van der Waals surface area contributed by atoms with Crippen LogP contribution in [-0.4, -0.2) is 10.9 Å². The molecule has 1 heterocycles. The number of rotatable bonds is 2. The van der Waals surface area contributed by atoms with E-state index in [9.17, 15) is 4.79 Å². The number of hydrogen-bond acceptors (Lipinski definition) is 3. The summed E-state index contributed by atoms with van der Waals surface area (Å²) in [6.07, 6.45) is 1.60. The van der Waals surface area contributed by atoms with Crippen LogP contribution in [0.1, 0.15) is 15.9 Å². The number of benzene rings is 1. The summed E-state index contributed by atoms with van der Waals surface area (Å²) in [5.74, 6) is -0.182. The maximum atomic E-state index is 11.9. The highest BCUT2D eigenvalue weighted by molar-refractivity contribution is 9.10. The smallest absolute Gasteiger partial charge is 0.255 e. The molecule has 4 nitrogen and oxygen atoms in total. The van der Waals surface area contributed by atoms with Crippen LogP contribution in [0.3, 0.4) is 0 Å². The third-order valence-corrected chi connectivity index (χ3v) is 3.28. The lowest BCUT2D eigenvalue weighted by Crippen LogP contribution is -2.12. The number of aromatic nitrogens is 1. The van der Waals surface area contributed by atoms with Gasteiger partial charge in [-0.25, -0.2) is 4.98 Å². The summed E-state index contributed by atoms with van der Waals surface area (Å²) in [5.41, 5.74) is 8.39. The van der Waals surface area contributed by atoms with Crippen LogP contribution in [0.2, 0.25) is 0 Å². The Bertz CT molecular complexity index is 581. The van der Waals surface area contributed by atoms with Crippen LogP contribution >= 0.6 is 15.9 Å². The third-order valence-electron chi connectivity index (χ3n) is 2.45. The van der Waals surface area contributed by atoms with Gasteiger partial charge in [0.25, 0.3) is 5.91 Å². The molecule has 5 heteroatoms. The average Bonchev–Trinajstić information content (AvgIpc) is 2.34. The third kappa shape index (κ3) is 2.87. The van der Waals surface area contributed by atoms with Crippen molar-refractivity contribution in [3.05, 3.63) is 52.3 Å². The summed E-state index contributed by atoms with van der Waals surface area (Å²) in [5, 5.41) is 2.78. The number of hydrogen-bond donors (Lipinski definition) is 2. The van der Waals surface area contributed by atoms with Crippen molar-refractivity contribution in [3.63, 3.8) is 0 Å². The summed E-state index contributed by atoms with van der Waals surface area (Å²) in [6, 6.07) is 8.61. The van der Waals surface area contributed by atoms with E-state index < -0.39 is 0 Å². The zero-order chi connectivity index (χ0) is 13.1. The van der Waals surface area contributed by atoms with Gasteiger partial charge in [-0.2, -0.15) is 0 Å². The molecule has 92 valence electrons. The molecule has 0 bridgehead atoms. The maximum Gasteiger partial charge on any atom is 0.255 e. The fraction of sp³-hybridized carbons (Fsp3) is 0.0769. The van der Waals surface area contributed by atoms with Gasteiger partial charge in [0, 0.05) is 11.3 Å². The number of halogens is 1. The van der Waals surface area contributed by atoms with Crippen LogP contribution in [0.25, 0.3) is 0 Å². The average molecular weight is 306 g/mol.